The standard InChI is InChI=1S/C23H23FN4O3/c1-31-23(30)17-8-5-4-7-15(17)13-21(29)25-16-10-11-19(24)18(14-16)22-27-26-20-9-3-2-6-12-28(20)22/h4-5,7-8,10-11,14H,2-3,6,9,12-13H2,1H3,(H,25,29). The van der Waals surface area contributed by atoms with E-state index in [1.165, 1.54) is 19.2 Å². The molecule has 1 aliphatic heterocycles. The van der Waals surface area contributed by atoms with E-state index in [0.29, 0.717) is 28.2 Å². The summed E-state index contributed by atoms with van der Waals surface area (Å²) in [6.45, 7) is 0.748. The third-order valence-corrected chi connectivity index (χ3v) is 5.37. The van der Waals surface area contributed by atoms with E-state index in [2.05, 4.69) is 15.5 Å². The van der Waals surface area contributed by atoms with Crippen molar-refractivity contribution in [1.82, 2.24) is 14.8 Å². The van der Waals surface area contributed by atoms with Gasteiger partial charge in [-0.25, -0.2) is 9.18 Å². The zero-order chi connectivity index (χ0) is 21.8. The van der Waals surface area contributed by atoms with Gasteiger partial charge in [-0.05, 0) is 42.7 Å². The van der Waals surface area contributed by atoms with Crippen molar-refractivity contribution in [3.8, 4) is 11.4 Å². The Morgan fingerprint density at radius 1 is 1.13 bits per heavy atom. The zero-order valence-electron chi connectivity index (χ0n) is 17.2. The Balaban J connectivity index is 1.56. The lowest BCUT2D eigenvalue weighted by Crippen LogP contribution is -2.17. The number of carbonyl (C=O) groups is 2. The van der Waals surface area contributed by atoms with E-state index in [1.807, 2.05) is 4.57 Å². The maximum atomic E-state index is 14.6. The van der Waals surface area contributed by atoms with Crippen LogP contribution in [0.5, 0.6) is 0 Å². The summed E-state index contributed by atoms with van der Waals surface area (Å²) >= 11 is 0. The fourth-order valence-corrected chi connectivity index (χ4v) is 3.82. The first kappa shape index (κ1) is 20.7. The van der Waals surface area contributed by atoms with Gasteiger partial charge in [-0.2, -0.15) is 0 Å². The Morgan fingerprint density at radius 3 is 2.81 bits per heavy atom. The molecule has 0 unspecified atom stereocenters. The number of amides is 1. The van der Waals surface area contributed by atoms with Crippen molar-refractivity contribution in [2.75, 3.05) is 12.4 Å². The van der Waals surface area contributed by atoms with E-state index in [-0.39, 0.29) is 12.3 Å². The van der Waals surface area contributed by atoms with E-state index >= 15 is 0 Å². The minimum absolute atomic E-state index is 0.0156. The number of benzene rings is 2. The highest BCUT2D eigenvalue weighted by atomic mass is 19.1. The molecule has 0 bridgehead atoms. The summed E-state index contributed by atoms with van der Waals surface area (Å²) in [5, 5.41) is 11.2. The minimum Gasteiger partial charge on any atom is -0.465 e. The number of aromatic nitrogens is 3. The number of nitrogens with one attached hydrogen (secondary N) is 1. The lowest BCUT2D eigenvalue weighted by atomic mass is 10.0. The molecule has 1 N–H and O–H groups in total. The summed E-state index contributed by atoms with van der Waals surface area (Å²) in [6, 6.07) is 11.2. The Hall–Kier alpha value is -3.55. The Kier molecular flexibility index (Phi) is 6.06. The quantitative estimate of drug-likeness (QED) is 0.633. The number of anilines is 1. The van der Waals surface area contributed by atoms with E-state index in [0.717, 1.165) is 38.1 Å². The van der Waals surface area contributed by atoms with E-state index in [4.69, 9.17) is 4.74 Å². The summed E-state index contributed by atoms with van der Waals surface area (Å²) < 4.78 is 21.4. The molecule has 2 aromatic carbocycles. The molecule has 8 heteroatoms. The number of fused-ring (bicyclic) bond motifs is 1. The molecule has 31 heavy (non-hydrogen) atoms. The molecule has 0 saturated heterocycles. The monoisotopic (exact) mass is 422 g/mol. The van der Waals surface area contributed by atoms with Gasteiger partial charge in [-0.3, -0.25) is 4.79 Å². The van der Waals surface area contributed by atoms with Crippen molar-refractivity contribution in [2.45, 2.75) is 38.6 Å². The summed E-state index contributed by atoms with van der Waals surface area (Å²) in [6.07, 6.45) is 3.96. The van der Waals surface area contributed by atoms with Crippen LogP contribution >= 0.6 is 0 Å². The Labute approximate surface area is 179 Å². The van der Waals surface area contributed by atoms with Gasteiger partial charge < -0.3 is 14.6 Å². The van der Waals surface area contributed by atoms with E-state index < -0.39 is 11.8 Å². The number of rotatable bonds is 5. The number of hydrogen-bond acceptors (Lipinski definition) is 5. The molecule has 1 aliphatic rings. The van der Waals surface area contributed by atoms with Crippen LogP contribution in [0.1, 0.15) is 41.0 Å². The molecule has 0 radical (unpaired) electrons. The van der Waals surface area contributed by atoms with Gasteiger partial charge in [0.1, 0.15) is 11.6 Å². The van der Waals surface area contributed by atoms with E-state index in [1.54, 1.807) is 30.3 Å². The van der Waals surface area contributed by atoms with Crippen molar-refractivity contribution in [1.29, 1.82) is 0 Å². The number of methoxy groups -OCH3 is 1. The molecule has 2 heterocycles. The molecule has 0 atom stereocenters. The molecule has 160 valence electrons. The van der Waals surface area contributed by atoms with Gasteiger partial charge in [0.05, 0.1) is 24.7 Å². The predicted octanol–water partition coefficient (Wildman–Crippen LogP) is 3.78. The summed E-state index contributed by atoms with van der Waals surface area (Å²) in [4.78, 5) is 24.5. The number of hydrogen-bond donors (Lipinski definition) is 1. The lowest BCUT2D eigenvalue weighted by molar-refractivity contribution is -0.115. The third kappa shape index (κ3) is 4.47. The number of aryl methyl sites for hydroxylation is 1. The second-order valence-electron chi connectivity index (χ2n) is 7.47. The smallest absolute Gasteiger partial charge is 0.338 e. The number of esters is 1. The van der Waals surface area contributed by atoms with Crippen molar-refractivity contribution in [3.63, 3.8) is 0 Å². The van der Waals surface area contributed by atoms with Crippen LogP contribution in [0, 0.1) is 5.82 Å². The summed E-state index contributed by atoms with van der Waals surface area (Å²) in [5.74, 6) is 0.0877. The molecule has 1 amide bonds. The maximum absolute atomic E-state index is 14.6. The van der Waals surface area contributed by atoms with Crippen molar-refractivity contribution < 1.29 is 18.7 Å². The van der Waals surface area contributed by atoms with Crippen LogP contribution in [0.25, 0.3) is 11.4 Å². The molecular formula is C23H23FN4O3. The molecule has 4 rings (SSSR count). The average Bonchev–Trinajstić information content (AvgIpc) is 3.02. The molecule has 7 nitrogen and oxygen atoms in total. The largest absolute Gasteiger partial charge is 0.465 e. The predicted molar refractivity (Wildman–Crippen MR) is 113 cm³/mol. The van der Waals surface area contributed by atoms with Gasteiger partial charge in [0.15, 0.2) is 5.82 Å². The fraction of sp³-hybridized carbons (Fsp3) is 0.304. The average molecular weight is 422 g/mol. The fourth-order valence-electron chi connectivity index (χ4n) is 3.82. The first-order valence-electron chi connectivity index (χ1n) is 10.2. The van der Waals surface area contributed by atoms with Gasteiger partial charge in [0, 0.05) is 18.7 Å². The number of nitrogens with zero attached hydrogens (tertiary/aromatic N) is 3. The van der Waals surface area contributed by atoms with Gasteiger partial charge >= 0.3 is 5.97 Å². The van der Waals surface area contributed by atoms with Crippen molar-refractivity contribution >= 4 is 17.6 Å². The highest BCUT2D eigenvalue weighted by Gasteiger charge is 2.20. The highest BCUT2D eigenvalue weighted by Crippen LogP contribution is 2.27. The van der Waals surface area contributed by atoms with Crippen LogP contribution in [-0.4, -0.2) is 33.8 Å². The van der Waals surface area contributed by atoms with Crippen LogP contribution in [0.15, 0.2) is 42.5 Å². The molecule has 0 fully saturated rings. The number of halogens is 1. The second kappa shape index (κ2) is 9.07. The van der Waals surface area contributed by atoms with Crippen LogP contribution in [-0.2, 0) is 28.9 Å². The van der Waals surface area contributed by atoms with Gasteiger partial charge in [-0.1, -0.05) is 24.6 Å². The van der Waals surface area contributed by atoms with E-state index in [9.17, 15) is 14.0 Å². The highest BCUT2D eigenvalue weighted by molar-refractivity contribution is 5.96. The number of carbonyl (C=O) groups excluding carboxylic acids is 2. The Morgan fingerprint density at radius 2 is 1.97 bits per heavy atom. The third-order valence-electron chi connectivity index (χ3n) is 5.37. The Bertz CT molecular complexity index is 1130. The molecule has 1 aromatic heterocycles. The molecule has 0 saturated carbocycles. The van der Waals surface area contributed by atoms with Crippen LogP contribution < -0.4 is 5.32 Å². The molecular weight excluding hydrogens is 399 g/mol. The zero-order valence-corrected chi connectivity index (χ0v) is 17.2. The maximum Gasteiger partial charge on any atom is 0.338 e. The minimum atomic E-state index is -0.500. The molecule has 0 spiro atoms. The SMILES string of the molecule is COC(=O)c1ccccc1CC(=O)Nc1ccc(F)c(-c2nnc3n2CCCCC3)c1. The number of ether oxygens (including phenoxy) is 1. The molecule has 0 aliphatic carbocycles. The van der Waals surface area contributed by atoms with Crippen molar-refractivity contribution in [3.05, 3.63) is 65.2 Å². The van der Waals surface area contributed by atoms with Crippen LogP contribution in [0.4, 0.5) is 10.1 Å². The van der Waals surface area contributed by atoms with Gasteiger partial charge in [0.2, 0.25) is 5.91 Å². The van der Waals surface area contributed by atoms with Gasteiger partial charge in [-0.15, -0.1) is 10.2 Å². The van der Waals surface area contributed by atoms with Crippen LogP contribution in [0.2, 0.25) is 0 Å². The summed E-state index contributed by atoms with van der Waals surface area (Å²) in [5.41, 5.74) is 1.64. The normalized spacial score (nSPS) is 13.2. The second-order valence-corrected chi connectivity index (χ2v) is 7.47. The first-order chi connectivity index (χ1) is 15.1. The first-order valence-corrected chi connectivity index (χ1v) is 10.2. The molecule has 3 aromatic rings. The van der Waals surface area contributed by atoms with Gasteiger partial charge in [0.25, 0.3) is 0 Å². The lowest BCUT2D eigenvalue weighted by Gasteiger charge is -2.11. The van der Waals surface area contributed by atoms with Crippen molar-refractivity contribution in [2.24, 2.45) is 0 Å². The van der Waals surface area contributed by atoms with Crippen LogP contribution in [0.3, 0.4) is 0 Å². The topological polar surface area (TPSA) is 86.1 Å². The summed E-state index contributed by atoms with van der Waals surface area (Å²) in [7, 11) is 1.30.